The molecular weight excluding hydrogens is 304 g/mol. The fourth-order valence-corrected chi connectivity index (χ4v) is 3.25. The van der Waals surface area contributed by atoms with Crippen molar-refractivity contribution in [2.75, 3.05) is 13.1 Å². The Kier molecular flexibility index (Phi) is 3.78. The van der Waals surface area contributed by atoms with E-state index in [9.17, 15) is 4.79 Å². The minimum Gasteiger partial charge on any atom is -0.478 e. The molecule has 0 saturated carbocycles. The van der Waals surface area contributed by atoms with Crippen LogP contribution in [0.2, 0.25) is 0 Å². The van der Waals surface area contributed by atoms with Crippen LogP contribution in [0.1, 0.15) is 34.2 Å². The summed E-state index contributed by atoms with van der Waals surface area (Å²) in [6, 6.07) is 14.9. The first-order chi connectivity index (χ1) is 11.7. The summed E-state index contributed by atoms with van der Waals surface area (Å²) in [7, 11) is 0. The van der Waals surface area contributed by atoms with Gasteiger partial charge in [-0.1, -0.05) is 24.3 Å². The van der Waals surface area contributed by atoms with E-state index in [0.717, 1.165) is 48.6 Å². The maximum absolute atomic E-state index is 10.9. The summed E-state index contributed by atoms with van der Waals surface area (Å²) in [6.07, 6.45) is 1.03. The fourth-order valence-electron chi connectivity index (χ4n) is 3.25. The van der Waals surface area contributed by atoms with Crippen molar-refractivity contribution in [3.8, 4) is 0 Å². The molecule has 122 valence electrons. The number of carboxylic acids is 1. The average Bonchev–Trinajstić information content (AvgIpc) is 3.21. The number of carbonyl (C=O) groups is 1. The van der Waals surface area contributed by atoms with Crippen LogP contribution in [-0.4, -0.2) is 34.0 Å². The molecule has 1 N–H and O–H groups in total. The molecule has 1 fully saturated rings. The van der Waals surface area contributed by atoms with Crippen LogP contribution >= 0.6 is 0 Å². The summed E-state index contributed by atoms with van der Waals surface area (Å²) in [5.74, 6) is 0.245. The molecule has 4 rings (SSSR count). The third-order valence-corrected chi connectivity index (χ3v) is 4.54. The third-order valence-electron chi connectivity index (χ3n) is 4.54. The zero-order chi connectivity index (χ0) is 16.5. The standard InChI is InChI=1S/C19H18N2O3/c22-19(23)14-7-5-13(6-8-14)11-21-10-9-15(12-21)18-20-16-3-1-2-4-17(16)24-18/h1-8,15H,9-12H2,(H,22,23). The summed E-state index contributed by atoms with van der Waals surface area (Å²) < 4.78 is 5.89. The van der Waals surface area contributed by atoms with Gasteiger partial charge in [0.25, 0.3) is 0 Å². The number of carboxylic acid groups (broad SMARTS) is 1. The van der Waals surface area contributed by atoms with E-state index in [1.54, 1.807) is 12.1 Å². The van der Waals surface area contributed by atoms with E-state index in [2.05, 4.69) is 9.88 Å². The maximum atomic E-state index is 10.9. The van der Waals surface area contributed by atoms with Crippen molar-refractivity contribution in [1.29, 1.82) is 0 Å². The second kappa shape index (κ2) is 6.09. The number of hydrogen-bond donors (Lipinski definition) is 1. The lowest BCUT2D eigenvalue weighted by molar-refractivity contribution is 0.0697. The SMILES string of the molecule is O=C(O)c1ccc(CN2CCC(c3nc4ccccc4o3)C2)cc1. The van der Waals surface area contributed by atoms with E-state index in [0.29, 0.717) is 11.5 Å². The lowest BCUT2D eigenvalue weighted by atomic mass is 10.1. The number of rotatable bonds is 4. The van der Waals surface area contributed by atoms with Crippen molar-refractivity contribution in [3.63, 3.8) is 0 Å². The highest BCUT2D eigenvalue weighted by Gasteiger charge is 2.27. The Hall–Kier alpha value is -2.66. The first-order valence-corrected chi connectivity index (χ1v) is 8.09. The molecule has 1 atom stereocenters. The molecule has 1 aliphatic rings. The van der Waals surface area contributed by atoms with E-state index in [4.69, 9.17) is 9.52 Å². The molecule has 24 heavy (non-hydrogen) atoms. The van der Waals surface area contributed by atoms with Crippen molar-refractivity contribution < 1.29 is 14.3 Å². The lowest BCUT2D eigenvalue weighted by Crippen LogP contribution is -2.19. The molecule has 1 unspecified atom stereocenters. The lowest BCUT2D eigenvalue weighted by Gasteiger charge is -2.15. The monoisotopic (exact) mass is 322 g/mol. The molecule has 2 aromatic carbocycles. The van der Waals surface area contributed by atoms with E-state index in [1.807, 2.05) is 36.4 Å². The van der Waals surface area contributed by atoms with Crippen molar-refractivity contribution in [2.24, 2.45) is 0 Å². The third kappa shape index (κ3) is 2.90. The molecule has 2 heterocycles. The number of aromatic nitrogens is 1. The molecule has 0 amide bonds. The van der Waals surface area contributed by atoms with Crippen LogP contribution in [0.15, 0.2) is 52.9 Å². The quantitative estimate of drug-likeness (QED) is 0.796. The van der Waals surface area contributed by atoms with Crippen LogP contribution < -0.4 is 0 Å². The van der Waals surface area contributed by atoms with Gasteiger partial charge in [0, 0.05) is 19.0 Å². The van der Waals surface area contributed by atoms with Crippen LogP contribution in [0.5, 0.6) is 0 Å². The first kappa shape index (κ1) is 14.9. The Morgan fingerprint density at radius 1 is 1.21 bits per heavy atom. The van der Waals surface area contributed by atoms with Gasteiger partial charge in [-0.2, -0.15) is 0 Å². The van der Waals surface area contributed by atoms with Gasteiger partial charge in [0.15, 0.2) is 11.5 Å². The number of hydrogen-bond acceptors (Lipinski definition) is 4. The van der Waals surface area contributed by atoms with Crippen molar-refractivity contribution in [1.82, 2.24) is 9.88 Å². The van der Waals surface area contributed by atoms with Gasteiger partial charge in [-0.15, -0.1) is 0 Å². The molecule has 5 heteroatoms. The predicted octanol–water partition coefficient (Wildman–Crippen LogP) is 3.52. The van der Waals surface area contributed by atoms with Gasteiger partial charge in [-0.25, -0.2) is 9.78 Å². The number of aromatic carboxylic acids is 1. The molecule has 1 aliphatic heterocycles. The minimum atomic E-state index is -0.890. The van der Waals surface area contributed by atoms with Gasteiger partial charge >= 0.3 is 5.97 Å². The summed E-state index contributed by atoms with van der Waals surface area (Å²) in [5, 5.41) is 8.95. The Morgan fingerprint density at radius 2 is 2.00 bits per heavy atom. The van der Waals surface area contributed by atoms with Gasteiger partial charge < -0.3 is 9.52 Å². The molecule has 1 aromatic heterocycles. The predicted molar refractivity (Wildman–Crippen MR) is 90.0 cm³/mol. The first-order valence-electron chi connectivity index (χ1n) is 8.09. The minimum absolute atomic E-state index is 0.315. The zero-order valence-electron chi connectivity index (χ0n) is 13.2. The molecule has 0 radical (unpaired) electrons. The fraction of sp³-hybridized carbons (Fsp3) is 0.263. The Bertz CT molecular complexity index is 837. The number of para-hydroxylation sites is 2. The number of likely N-dealkylation sites (tertiary alicyclic amines) is 1. The largest absolute Gasteiger partial charge is 0.478 e. The van der Waals surface area contributed by atoms with Gasteiger partial charge in [0.05, 0.1) is 5.56 Å². The molecule has 0 spiro atoms. The average molecular weight is 322 g/mol. The van der Waals surface area contributed by atoms with E-state index in [-0.39, 0.29) is 0 Å². The molecule has 1 saturated heterocycles. The summed E-state index contributed by atoms with van der Waals surface area (Å²) in [4.78, 5) is 17.9. The van der Waals surface area contributed by atoms with Gasteiger partial charge in [0.2, 0.25) is 0 Å². The van der Waals surface area contributed by atoms with Gasteiger partial charge in [-0.3, -0.25) is 4.90 Å². The summed E-state index contributed by atoms with van der Waals surface area (Å²) in [6.45, 7) is 2.72. The maximum Gasteiger partial charge on any atom is 0.335 e. The van der Waals surface area contributed by atoms with Crippen molar-refractivity contribution in [3.05, 3.63) is 65.5 Å². The second-order valence-corrected chi connectivity index (χ2v) is 6.24. The zero-order valence-corrected chi connectivity index (χ0v) is 13.2. The smallest absolute Gasteiger partial charge is 0.335 e. The second-order valence-electron chi connectivity index (χ2n) is 6.24. The van der Waals surface area contributed by atoms with Gasteiger partial charge in [-0.05, 0) is 42.8 Å². The van der Waals surface area contributed by atoms with E-state index in [1.165, 1.54) is 0 Å². The Morgan fingerprint density at radius 3 is 2.75 bits per heavy atom. The number of nitrogens with zero attached hydrogens (tertiary/aromatic N) is 2. The van der Waals surface area contributed by atoms with Gasteiger partial charge in [0.1, 0.15) is 5.52 Å². The highest BCUT2D eigenvalue weighted by molar-refractivity contribution is 5.87. The van der Waals surface area contributed by atoms with Crippen LogP contribution in [-0.2, 0) is 6.54 Å². The van der Waals surface area contributed by atoms with Crippen LogP contribution in [0.4, 0.5) is 0 Å². The van der Waals surface area contributed by atoms with Crippen LogP contribution in [0.25, 0.3) is 11.1 Å². The molecular formula is C19H18N2O3. The molecule has 0 bridgehead atoms. The van der Waals surface area contributed by atoms with E-state index < -0.39 is 5.97 Å². The van der Waals surface area contributed by atoms with Crippen LogP contribution in [0, 0.1) is 0 Å². The molecule has 5 nitrogen and oxygen atoms in total. The topological polar surface area (TPSA) is 66.6 Å². The summed E-state index contributed by atoms with van der Waals surface area (Å²) in [5.41, 5.74) is 3.20. The van der Waals surface area contributed by atoms with Crippen molar-refractivity contribution in [2.45, 2.75) is 18.9 Å². The van der Waals surface area contributed by atoms with Crippen molar-refractivity contribution >= 4 is 17.1 Å². The summed E-state index contributed by atoms with van der Waals surface area (Å²) >= 11 is 0. The Labute approximate surface area is 139 Å². The normalized spacial score (nSPS) is 18.2. The highest BCUT2D eigenvalue weighted by Crippen LogP contribution is 2.29. The molecule has 0 aliphatic carbocycles. The van der Waals surface area contributed by atoms with E-state index >= 15 is 0 Å². The number of oxazole rings is 1. The highest BCUT2D eigenvalue weighted by atomic mass is 16.4. The van der Waals surface area contributed by atoms with Crippen LogP contribution in [0.3, 0.4) is 0 Å². The Balaban J connectivity index is 1.43. The number of fused-ring (bicyclic) bond motifs is 1. The number of benzene rings is 2. The molecule has 3 aromatic rings.